The fraction of sp³-hybridized carbons (Fsp3) is 0.0625. The molecular formula is C16H11BrFNO. The van der Waals surface area contributed by atoms with Crippen LogP contribution >= 0.6 is 15.9 Å². The van der Waals surface area contributed by atoms with Crippen LogP contribution in [0.1, 0.15) is 10.4 Å². The molecule has 0 saturated carbocycles. The average Bonchev–Trinajstić information content (AvgIpc) is 2.82. The first-order valence-electron chi connectivity index (χ1n) is 6.17. The van der Waals surface area contributed by atoms with Crippen molar-refractivity contribution in [3.63, 3.8) is 0 Å². The molecule has 0 N–H and O–H groups in total. The predicted molar refractivity (Wildman–Crippen MR) is 80.4 cm³/mol. The van der Waals surface area contributed by atoms with Gasteiger partial charge >= 0.3 is 0 Å². The average molecular weight is 332 g/mol. The first-order valence-corrected chi connectivity index (χ1v) is 6.96. The minimum atomic E-state index is -0.477. The number of hydrogen-bond donors (Lipinski definition) is 0. The second-order valence-electron chi connectivity index (χ2n) is 4.55. The summed E-state index contributed by atoms with van der Waals surface area (Å²) in [4.78, 5) is 12.2. The third-order valence-electron chi connectivity index (χ3n) is 3.22. The Kier molecular flexibility index (Phi) is 3.40. The monoisotopic (exact) mass is 331 g/mol. The molecule has 2 nitrogen and oxygen atoms in total. The van der Waals surface area contributed by atoms with E-state index in [1.54, 1.807) is 12.1 Å². The van der Waals surface area contributed by atoms with E-state index in [1.807, 2.05) is 35.0 Å². The Bertz CT molecular complexity index is 794. The number of carbonyl (C=O) groups is 1. The van der Waals surface area contributed by atoms with E-state index < -0.39 is 5.82 Å². The molecule has 0 atom stereocenters. The van der Waals surface area contributed by atoms with Crippen LogP contribution in [0.4, 0.5) is 4.39 Å². The summed E-state index contributed by atoms with van der Waals surface area (Å²) in [5, 5.41) is 1.05. The van der Waals surface area contributed by atoms with Gasteiger partial charge in [0.15, 0.2) is 5.78 Å². The van der Waals surface area contributed by atoms with E-state index in [4.69, 9.17) is 0 Å². The Morgan fingerprint density at radius 1 is 1.15 bits per heavy atom. The van der Waals surface area contributed by atoms with Crippen LogP contribution in [0.2, 0.25) is 0 Å². The van der Waals surface area contributed by atoms with Crippen molar-refractivity contribution in [2.45, 2.75) is 6.54 Å². The van der Waals surface area contributed by atoms with Crippen LogP contribution in [0.25, 0.3) is 10.9 Å². The van der Waals surface area contributed by atoms with Crippen LogP contribution < -0.4 is 0 Å². The first-order chi connectivity index (χ1) is 9.65. The lowest BCUT2D eigenvalue weighted by Gasteiger charge is -2.06. The molecular weight excluding hydrogens is 321 g/mol. The molecule has 3 aromatic rings. The maximum atomic E-state index is 13.6. The summed E-state index contributed by atoms with van der Waals surface area (Å²) >= 11 is 3.42. The third-order valence-corrected chi connectivity index (χ3v) is 3.72. The van der Waals surface area contributed by atoms with Crippen molar-refractivity contribution >= 4 is 32.6 Å². The standard InChI is InChI=1S/C16H11BrFNO/c17-12-6-5-11-7-8-19(15(11)9-12)10-16(20)13-3-1-2-4-14(13)18/h1-9H,10H2. The number of aromatic nitrogens is 1. The lowest BCUT2D eigenvalue weighted by Crippen LogP contribution is -2.11. The molecule has 0 unspecified atom stereocenters. The molecule has 0 aliphatic heterocycles. The van der Waals surface area contributed by atoms with Crippen LogP contribution in [0.3, 0.4) is 0 Å². The normalized spacial score (nSPS) is 10.9. The van der Waals surface area contributed by atoms with Crippen LogP contribution in [0.15, 0.2) is 59.2 Å². The molecule has 0 aliphatic carbocycles. The molecule has 0 radical (unpaired) electrons. The number of rotatable bonds is 3. The number of benzene rings is 2. The molecule has 0 saturated heterocycles. The molecule has 0 fully saturated rings. The van der Waals surface area contributed by atoms with Crippen molar-refractivity contribution in [2.75, 3.05) is 0 Å². The Morgan fingerprint density at radius 3 is 2.75 bits per heavy atom. The molecule has 3 rings (SSSR count). The molecule has 20 heavy (non-hydrogen) atoms. The van der Waals surface area contributed by atoms with Gasteiger partial charge in [0, 0.05) is 16.2 Å². The number of fused-ring (bicyclic) bond motifs is 1. The number of nitrogens with zero attached hydrogens (tertiary/aromatic N) is 1. The fourth-order valence-corrected chi connectivity index (χ4v) is 2.57. The van der Waals surface area contributed by atoms with Crippen molar-refractivity contribution in [3.8, 4) is 0 Å². The maximum absolute atomic E-state index is 13.6. The highest BCUT2D eigenvalue weighted by molar-refractivity contribution is 9.10. The van der Waals surface area contributed by atoms with E-state index in [0.717, 1.165) is 15.4 Å². The molecule has 4 heteroatoms. The summed E-state index contributed by atoms with van der Waals surface area (Å²) in [5.41, 5.74) is 1.08. The Labute approximate surface area is 124 Å². The van der Waals surface area contributed by atoms with Gasteiger partial charge in [0.25, 0.3) is 0 Å². The number of carbonyl (C=O) groups excluding carboxylic acids is 1. The van der Waals surface area contributed by atoms with Gasteiger partial charge in [-0.25, -0.2) is 4.39 Å². The highest BCUT2D eigenvalue weighted by atomic mass is 79.9. The summed E-state index contributed by atoms with van der Waals surface area (Å²) in [6.07, 6.45) is 1.84. The summed E-state index contributed by atoms with van der Waals surface area (Å²) in [7, 11) is 0. The fourth-order valence-electron chi connectivity index (χ4n) is 2.22. The van der Waals surface area contributed by atoms with Crippen LogP contribution in [0.5, 0.6) is 0 Å². The van der Waals surface area contributed by atoms with Gasteiger partial charge in [0.2, 0.25) is 0 Å². The van der Waals surface area contributed by atoms with Crippen molar-refractivity contribution in [1.29, 1.82) is 0 Å². The van der Waals surface area contributed by atoms with Crippen molar-refractivity contribution in [1.82, 2.24) is 4.57 Å². The van der Waals surface area contributed by atoms with Crippen LogP contribution in [-0.2, 0) is 6.54 Å². The second kappa shape index (κ2) is 5.21. The number of hydrogen-bond acceptors (Lipinski definition) is 1. The number of ketones is 1. The lowest BCUT2D eigenvalue weighted by molar-refractivity contribution is 0.0969. The Balaban J connectivity index is 1.96. The molecule has 0 aliphatic rings. The van der Waals surface area contributed by atoms with Crippen LogP contribution in [0, 0.1) is 5.82 Å². The zero-order chi connectivity index (χ0) is 14.1. The topological polar surface area (TPSA) is 22.0 Å². The largest absolute Gasteiger partial charge is 0.340 e. The van der Waals surface area contributed by atoms with E-state index >= 15 is 0 Å². The minimum Gasteiger partial charge on any atom is -0.340 e. The van der Waals surface area contributed by atoms with Gasteiger partial charge in [-0.2, -0.15) is 0 Å². The Morgan fingerprint density at radius 2 is 1.95 bits per heavy atom. The molecule has 2 aromatic carbocycles. The molecule has 1 aromatic heterocycles. The second-order valence-corrected chi connectivity index (χ2v) is 5.47. The van der Waals surface area contributed by atoms with E-state index in [1.165, 1.54) is 12.1 Å². The van der Waals surface area contributed by atoms with Gasteiger partial charge in [0.1, 0.15) is 5.82 Å². The minimum absolute atomic E-state index is 0.126. The highest BCUT2D eigenvalue weighted by Crippen LogP contribution is 2.21. The van der Waals surface area contributed by atoms with Gasteiger partial charge < -0.3 is 4.57 Å². The van der Waals surface area contributed by atoms with Gasteiger partial charge in [0.05, 0.1) is 12.1 Å². The molecule has 0 amide bonds. The zero-order valence-corrected chi connectivity index (χ0v) is 12.1. The Hall–Kier alpha value is -1.94. The van der Waals surface area contributed by atoms with Crippen molar-refractivity contribution in [3.05, 3.63) is 70.6 Å². The quantitative estimate of drug-likeness (QED) is 0.651. The molecule has 1 heterocycles. The summed E-state index contributed by atoms with van der Waals surface area (Å²) in [5.74, 6) is -0.712. The maximum Gasteiger partial charge on any atom is 0.185 e. The third kappa shape index (κ3) is 2.39. The smallest absolute Gasteiger partial charge is 0.185 e. The summed E-state index contributed by atoms with van der Waals surface area (Å²) < 4.78 is 16.4. The van der Waals surface area contributed by atoms with E-state index in [9.17, 15) is 9.18 Å². The number of Topliss-reactive ketones (excluding diaryl/α,β-unsaturated/α-hetero) is 1. The summed E-state index contributed by atoms with van der Waals surface area (Å²) in [6.45, 7) is 0.126. The predicted octanol–water partition coefficient (Wildman–Crippen LogP) is 4.43. The van der Waals surface area contributed by atoms with E-state index in [2.05, 4.69) is 15.9 Å². The first kappa shape index (κ1) is 13.1. The van der Waals surface area contributed by atoms with Gasteiger partial charge in [-0.1, -0.05) is 34.1 Å². The van der Waals surface area contributed by atoms with Gasteiger partial charge in [-0.3, -0.25) is 4.79 Å². The molecule has 0 spiro atoms. The van der Waals surface area contributed by atoms with E-state index in [-0.39, 0.29) is 17.9 Å². The van der Waals surface area contributed by atoms with Gasteiger partial charge in [-0.05, 0) is 35.7 Å². The summed E-state index contributed by atoms with van der Waals surface area (Å²) in [6, 6.07) is 13.9. The zero-order valence-electron chi connectivity index (χ0n) is 10.5. The highest BCUT2D eigenvalue weighted by Gasteiger charge is 2.12. The van der Waals surface area contributed by atoms with E-state index in [0.29, 0.717) is 0 Å². The molecule has 0 bridgehead atoms. The SMILES string of the molecule is O=C(Cn1ccc2ccc(Br)cc21)c1ccccc1F. The van der Waals surface area contributed by atoms with Gasteiger partial charge in [-0.15, -0.1) is 0 Å². The van der Waals surface area contributed by atoms with Crippen LogP contribution in [-0.4, -0.2) is 10.4 Å². The van der Waals surface area contributed by atoms with Crippen molar-refractivity contribution < 1.29 is 9.18 Å². The number of halogens is 2. The lowest BCUT2D eigenvalue weighted by atomic mass is 10.1. The molecule has 100 valence electrons. The van der Waals surface area contributed by atoms with Crippen molar-refractivity contribution in [2.24, 2.45) is 0 Å².